The molecule has 8 atom stereocenters. The maximum atomic E-state index is 13.1. The minimum absolute atomic E-state index is 0.266. The fourth-order valence-corrected chi connectivity index (χ4v) is 8.55. The van der Waals surface area contributed by atoms with Crippen molar-refractivity contribution in [3.63, 3.8) is 0 Å². The van der Waals surface area contributed by atoms with Gasteiger partial charge in [0.2, 0.25) is 5.91 Å². The third-order valence-electron chi connectivity index (χ3n) is 12.5. The average Bonchev–Trinajstić information content (AvgIpc) is 3.21. The number of aliphatic hydroxyl groups is 6. The van der Waals surface area contributed by atoms with Crippen LogP contribution in [-0.4, -0.2) is 91.9 Å². The molecule has 9 heteroatoms. The van der Waals surface area contributed by atoms with Gasteiger partial charge in [0.05, 0.1) is 18.8 Å². The van der Waals surface area contributed by atoms with E-state index in [0.29, 0.717) is 12.8 Å². The third-order valence-corrected chi connectivity index (χ3v) is 12.5. The van der Waals surface area contributed by atoms with Gasteiger partial charge in [-0.05, 0) is 12.8 Å². The van der Waals surface area contributed by atoms with Crippen LogP contribution in [0.2, 0.25) is 0 Å². The van der Waals surface area contributed by atoms with E-state index in [2.05, 4.69) is 19.2 Å². The summed E-state index contributed by atoms with van der Waals surface area (Å²) in [4.78, 5) is 13.1. The van der Waals surface area contributed by atoms with Crippen LogP contribution in [0.4, 0.5) is 0 Å². The van der Waals surface area contributed by atoms with Crippen LogP contribution >= 0.6 is 0 Å². The molecule has 7 N–H and O–H groups in total. The number of nitrogens with one attached hydrogen (secondary N) is 1. The largest absolute Gasteiger partial charge is 0.394 e. The minimum atomic E-state index is -1.66. The normalized spacial score (nSPS) is 21.4. The third kappa shape index (κ3) is 27.6. The second kappa shape index (κ2) is 38.1. The molecule has 0 bridgehead atoms. The second-order valence-electron chi connectivity index (χ2n) is 17.8. The van der Waals surface area contributed by atoms with Crippen molar-refractivity contribution in [1.82, 2.24) is 5.32 Å². The minimum Gasteiger partial charge on any atom is -0.394 e. The Morgan fingerprint density at radius 1 is 0.491 bits per heavy atom. The van der Waals surface area contributed by atoms with Gasteiger partial charge in [-0.25, -0.2) is 0 Å². The molecule has 1 aliphatic rings. The predicted molar refractivity (Wildman–Crippen MR) is 235 cm³/mol. The maximum absolute atomic E-state index is 13.1. The van der Waals surface area contributed by atoms with Crippen molar-refractivity contribution >= 4 is 5.91 Å². The van der Waals surface area contributed by atoms with Gasteiger partial charge >= 0.3 is 0 Å². The Morgan fingerprint density at radius 2 is 0.825 bits per heavy atom. The van der Waals surface area contributed by atoms with Crippen molar-refractivity contribution in [1.29, 1.82) is 0 Å². The highest BCUT2D eigenvalue weighted by Gasteiger charge is 2.48. The van der Waals surface area contributed by atoms with E-state index in [1.807, 2.05) is 0 Å². The summed E-state index contributed by atoms with van der Waals surface area (Å²) in [6.07, 6.45) is 33.3. The summed E-state index contributed by atoms with van der Waals surface area (Å²) in [5.41, 5.74) is 0. The van der Waals surface area contributed by atoms with E-state index in [-0.39, 0.29) is 12.3 Å². The maximum Gasteiger partial charge on any atom is 0.220 e. The monoisotopic (exact) mass is 814 g/mol. The van der Waals surface area contributed by atoms with Crippen molar-refractivity contribution < 1.29 is 40.2 Å². The molecule has 9 nitrogen and oxygen atoms in total. The first-order valence-corrected chi connectivity index (χ1v) is 24.7. The highest BCUT2D eigenvalue weighted by molar-refractivity contribution is 5.76. The highest BCUT2D eigenvalue weighted by atomic mass is 16.6. The molecular weight excluding hydrogens is 719 g/mol. The molecule has 57 heavy (non-hydrogen) atoms. The van der Waals surface area contributed by atoms with E-state index < -0.39 is 55.4 Å². The van der Waals surface area contributed by atoms with Crippen molar-refractivity contribution in [3.05, 3.63) is 0 Å². The van der Waals surface area contributed by atoms with Gasteiger partial charge < -0.3 is 40.7 Å². The zero-order valence-corrected chi connectivity index (χ0v) is 37.3. The standard InChI is InChI=1S/C48H95NO8/c1-3-5-7-9-11-13-15-17-18-19-20-21-22-23-24-26-28-30-32-34-36-38-42(52)49-43(45(54)48-47(56)46(55)44(53)41(39-50)57-48)40(51)37-35-33-31-29-27-25-16-14-12-10-8-6-4-2/h40-41,43-48,50-51,53-56H,3-39H2,1-2H3,(H,49,52)/t40-,41-,43-,44+,45?,46+,47-,48+/m1/s1. The zero-order chi connectivity index (χ0) is 41.8. The summed E-state index contributed by atoms with van der Waals surface area (Å²) in [5.74, 6) is -0.286. The first-order valence-electron chi connectivity index (χ1n) is 24.7. The summed E-state index contributed by atoms with van der Waals surface area (Å²) in [5, 5.41) is 66.3. The number of carbonyl (C=O) groups is 1. The number of amides is 1. The van der Waals surface area contributed by atoms with Crippen LogP contribution in [0.5, 0.6) is 0 Å². The molecule has 1 heterocycles. The first-order chi connectivity index (χ1) is 27.8. The van der Waals surface area contributed by atoms with Crippen molar-refractivity contribution in [2.45, 2.75) is 294 Å². The average molecular weight is 814 g/mol. The van der Waals surface area contributed by atoms with Crippen LogP contribution < -0.4 is 5.32 Å². The number of unbranched alkanes of at least 4 members (excludes halogenated alkanes) is 32. The lowest BCUT2D eigenvalue weighted by Crippen LogP contribution is -2.66. The fourth-order valence-electron chi connectivity index (χ4n) is 8.55. The number of carbonyl (C=O) groups excluding carboxylic acids is 1. The molecule has 0 saturated carbocycles. The molecular formula is C48H95NO8. The number of hydrogen-bond acceptors (Lipinski definition) is 8. The van der Waals surface area contributed by atoms with Crippen LogP contribution in [0.3, 0.4) is 0 Å². The van der Waals surface area contributed by atoms with E-state index in [1.54, 1.807) is 0 Å². The Bertz CT molecular complexity index is 877. The number of hydrogen-bond donors (Lipinski definition) is 7. The van der Waals surface area contributed by atoms with Crippen LogP contribution in [0.1, 0.15) is 245 Å². The van der Waals surface area contributed by atoms with E-state index in [9.17, 15) is 35.4 Å². The van der Waals surface area contributed by atoms with Gasteiger partial charge in [-0.1, -0.05) is 226 Å². The molecule has 0 aromatic rings. The summed E-state index contributed by atoms with van der Waals surface area (Å²) < 4.78 is 5.61. The molecule has 0 aromatic heterocycles. The molecule has 1 amide bonds. The smallest absolute Gasteiger partial charge is 0.220 e. The lowest BCUT2D eigenvalue weighted by Gasteiger charge is -2.44. The molecule has 1 unspecified atom stereocenters. The number of ether oxygens (including phenoxy) is 1. The molecule has 0 radical (unpaired) electrons. The summed E-state index contributed by atoms with van der Waals surface area (Å²) in [7, 11) is 0. The van der Waals surface area contributed by atoms with Crippen LogP contribution in [0.15, 0.2) is 0 Å². The van der Waals surface area contributed by atoms with Crippen molar-refractivity contribution in [3.8, 4) is 0 Å². The molecule has 0 spiro atoms. The zero-order valence-electron chi connectivity index (χ0n) is 37.3. The Morgan fingerprint density at radius 3 is 1.18 bits per heavy atom. The van der Waals surface area contributed by atoms with Crippen LogP contribution in [0, 0.1) is 0 Å². The Kier molecular flexibility index (Phi) is 36.3. The quantitative estimate of drug-likeness (QED) is 0.0301. The SMILES string of the molecule is CCCCCCCCCCCCCCCCCCCCCCCC(=O)N[C@@H](C(O)[C@@H]1O[C@H](CO)[C@H](O)[C@H](O)[C@H]1O)[C@H](O)CCCCCCCCCCCCCCC. The summed E-state index contributed by atoms with van der Waals surface area (Å²) in [6.45, 7) is 3.90. The Labute approximate surface area is 350 Å². The summed E-state index contributed by atoms with van der Waals surface area (Å²) >= 11 is 0. The molecule has 1 aliphatic heterocycles. The van der Waals surface area contributed by atoms with Gasteiger partial charge in [-0.3, -0.25) is 4.79 Å². The van der Waals surface area contributed by atoms with Gasteiger partial charge in [0, 0.05) is 6.42 Å². The highest BCUT2D eigenvalue weighted by Crippen LogP contribution is 2.26. The Balaban J connectivity index is 2.30. The van der Waals surface area contributed by atoms with Crippen molar-refractivity contribution in [2.24, 2.45) is 0 Å². The molecule has 0 aliphatic carbocycles. The van der Waals surface area contributed by atoms with Crippen LogP contribution in [-0.2, 0) is 9.53 Å². The van der Waals surface area contributed by atoms with Gasteiger partial charge in [-0.2, -0.15) is 0 Å². The topological polar surface area (TPSA) is 160 Å². The lowest BCUT2D eigenvalue weighted by atomic mass is 9.87. The van der Waals surface area contributed by atoms with Gasteiger partial charge in [0.15, 0.2) is 0 Å². The molecule has 1 fully saturated rings. The number of aliphatic hydroxyl groups excluding tert-OH is 6. The fraction of sp³-hybridized carbons (Fsp3) is 0.979. The van der Waals surface area contributed by atoms with E-state index in [4.69, 9.17) is 4.74 Å². The van der Waals surface area contributed by atoms with Gasteiger partial charge in [-0.15, -0.1) is 0 Å². The van der Waals surface area contributed by atoms with E-state index >= 15 is 0 Å². The molecule has 340 valence electrons. The molecule has 1 saturated heterocycles. The van der Waals surface area contributed by atoms with Crippen molar-refractivity contribution in [2.75, 3.05) is 6.61 Å². The lowest BCUT2D eigenvalue weighted by molar-refractivity contribution is -0.253. The molecule has 0 aromatic carbocycles. The predicted octanol–water partition coefficient (Wildman–Crippen LogP) is 10.1. The van der Waals surface area contributed by atoms with Gasteiger partial charge in [0.25, 0.3) is 0 Å². The Hall–Kier alpha value is -0.810. The van der Waals surface area contributed by atoms with E-state index in [0.717, 1.165) is 44.9 Å². The first kappa shape index (κ1) is 54.2. The van der Waals surface area contributed by atoms with Gasteiger partial charge in [0.1, 0.15) is 36.6 Å². The van der Waals surface area contributed by atoms with Crippen LogP contribution in [0.25, 0.3) is 0 Å². The number of rotatable bonds is 41. The molecule has 1 rings (SSSR count). The summed E-state index contributed by atoms with van der Waals surface area (Å²) in [6, 6.07) is -1.13. The second-order valence-corrected chi connectivity index (χ2v) is 17.8. The van der Waals surface area contributed by atoms with E-state index in [1.165, 1.54) is 167 Å².